The van der Waals surface area contributed by atoms with Gasteiger partial charge in [0.15, 0.2) is 0 Å². The second-order valence-electron chi connectivity index (χ2n) is 12.1. The van der Waals surface area contributed by atoms with E-state index in [4.69, 9.17) is 83.8 Å². The highest BCUT2D eigenvalue weighted by atomic mass is 35.5. The van der Waals surface area contributed by atoms with Crippen molar-refractivity contribution >= 4 is 104 Å². The molecule has 0 saturated heterocycles. The summed E-state index contributed by atoms with van der Waals surface area (Å²) in [6.45, 7) is 14.3. The molecule has 0 spiro atoms. The molecule has 0 aromatic heterocycles. The number of carbonyl (C=O) groups excluding carboxylic acids is 3. The highest BCUT2D eigenvalue weighted by Crippen LogP contribution is 2.35. The van der Waals surface area contributed by atoms with Crippen LogP contribution in [0.25, 0.3) is 0 Å². The average molecular weight is 857 g/mol. The molecule has 294 valence electrons. The van der Waals surface area contributed by atoms with Gasteiger partial charge in [-0.1, -0.05) is 50.2 Å². The fourth-order valence-electron chi connectivity index (χ4n) is 4.79. The lowest BCUT2D eigenvalue weighted by Crippen LogP contribution is -2.32. The Bertz CT molecular complexity index is 1610. The molecule has 0 atom stereocenters. The fraction of sp³-hybridized carbons (Fsp3) is 0.447. The molecule has 0 unspecified atom stereocenters. The SMILES string of the molecule is COc1cccc(C)c1N(CCl)C(=O)CCl.Cc1cccc(OC(C)C)c1N(CCl)C(=O)CCl.Cc1cccc(OCC(C)C)c1N(CCl)C(=O)CCl. The first-order valence-electron chi connectivity index (χ1n) is 16.6. The molecule has 0 aliphatic heterocycles. The predicted octanol–water partition coefficient (Wildman–Crippen LogP) is 10.1. The molecule has 3 rings (SSSR count). The van der Waals surface area contributed by atoms with E-state index < -0.39 is 0 Å². The standard InChI is InChI=1S/C14H19Cl2NO2.C13H17Cl2NO2.C11H13Cl2NO2/c1-10(2)8-19-12-6-4-5-11(3)14(12)17(9-16)13(18)7-15;1-9(2)18-11-6-4-5-10(3)13(11)16(8-15)12(17)7-14;1-8-4-3-5-9(16-2)11(8)14(7-13)10(15)6-12/h4-6,10H,7-9H2,1-3H3;4-6,9H,7-8H2,1-3H3;3-5H,6-7H2,1-2H3. The van der Waals surface area contributed by atoms with Gasteiger partial charge in [0.1, 0.15) is 52.9 Å². The van der Waals surface area contributed by atoms with E-state index in [1.165, 1.54) is 14.7 Å². The van der Waals surface area contributed by atoms with Gasteiger partial charge in [-0.25, -0.2) is 0 Å². The number of anilines is 3. The van der Waals surface area contributed by atoms with Crippen molar-refractivity contribution in [3.05, 3.63) is 71.3 Å². The maximum Gasteiger partial charge on any atom is 0.243 e. The van der Waals surface area contributed by atoms with Crippen LogP contribution in [0.3, 0.4) is 0 Å². The van der Waals surface area contributed by atoms with Crippen molar-refractivity contribution in [3.8, 4) is 17.2 Å². The molecule has 3 aromatic carbocycles. The lowest BCUT2D eigenvalue weighted by atomic mass is 10.1. The van der Waals surface area contributed by atoms with Crippen LogP contribution in [0, 0.1) is 26.7 Å². The van der Waals surface area contributed by atoms with Gasteiger partial charge in [-0.3, -0.25) is 29.1 Å². The van der Waals surface area contributed by atoms with Crippen molar-refractivity contribution in [2.45, 2.75) is 54.6 Å². The Kier molecular flexibility index (Phi) is 23.0. The number of para-hydroxylation sites is 3. The predicted molar refractivity (Wildman–Crippen MR) is 223 cm³/mol. The molecule has 0 heterocycles. The maximum atomic E-state index is 11.8. The van der Waals surface area contributed by atoms with Crippen molar-refractivity contribution in [2.75, 3.05) is 64.1 Å². The zero-order chi connectivity index (χ0) is 40.2. The van der Waals surface area contributed by atoms with Crippen molar-refractivity contribution < 1.29 is 28.6 Å². The van der Waals surface area contributed by atoms with E-state index in [1.807, 2.05) is 83.1 Å². The van der Waals surface area contributed by atoms with Gasteiger partial charge < -0.3 is 14.2 Å². The number of amides is 3. The molecule has 3 aromatic rings. The summed E-state index contributed by atoms with van der Waals surface area (Å²) in [5, 5.41) is 0. The first kappa shape index (κ1) is 48.2. The second kappa shape index (κ2) is 25.3. The van der Waals surface area contributed by atoms with Gasteiger partial charge >= 0.3 is 0 Å². The van der Waals surface area contributed by atoms with Crippen LogP contribution >= 0.6 is 69.6 Å². The summed E-state index contributed by atoms with van der Waals surface area (Å²) < 4.78 is 16.7. The highest BCUT2D eigenvalue weighted by Gasteiger charge is 2.22. The first-order valence-corrected chi connectivity index (χ1v) is 19.8. The minimum absolute atomic E-state index is 0.0221. The van der Waals surface area contributed by atoms with E-state index in [0.717, 1.165) is 16.7 Å². The molecular formula is C38H49Cl6N3O6. The van der Waals surface area contributed by atoms with Gasteiger partial charge in [-0.05, 0) is 75.4 Å². The zero-order valence-electron chi connectivity index (χ0n) is 31.4. The minimum atomic E-state index is -0.246. The number of nitrogens with zero attached hydrogens (tertiary/aromatic N) is 3. The Balaban J connectivity index is 0.000000399. The number of ether oxygens (including phenoxy) is 3. The van der Waals surface area contributed by atoms with Crippen LogP contribution in [-0.4, -0.2) is 73.2 Å². The summed E-state index contributed by atoms with van der Waals surface area (Å²) in [5.74, 6) is 1.27. The summed E-state index contributed by atoms with van der Waals surface area (Å²) >= 11 is 34.2. The van der Waals surface area contributed by atoms with Crippen LogP contribution in [0.4, 0.5) is 17.1 Å². The fourth-order valence-corrected chi connectivity index (χ4v) is 5.98. The maximum absolute atomic E-state index is 11.8. The third-order valence-electron chi connectivity index (χ3n) is 7.17. The van der Waals surface area contributed by atoms with Crippen LogP contribution in [-0.2, 0) is 14.4 Å². The molecule has 0 bridgehead atoms. The number of benzene rings is 3. The largest absolute Gasteiger partial charge is 0.495 e. The first-order chi connectivity index (χ1) is 25.2. The molecule has 0 fully saturated rings. The van der Waals surface area contributed by atoms with Gasteiger partial charge in [0.25, 0.3) is 0 Å². The normalized spacial score (nSPS) is 10.4. The summed E-state index contributed by atoms with van der Waals surface area (Å²) in [6.07, 6.45) is 0.0221. The molecule has 53 heavy (non-hydrogen) atoms. The number of rotatable bonds is 15. The summed E-state index contributed by atoms with van der Waals surface area (Å²) in [6, 6.07) is 16.9. The van der Waals surface area contributed by atoms with Gasteiger partial charge in [0.05, 0.1) is 36.9 Å². The molecule has 0 radical (unpaired) electrons. The summed E-state index contributed by atoms with van der Waals surface area (Å²) in [5.41, 5.74) is 4.83. The quantitative estimate of drug-likeness (QED) is 0.112. The number of halogens is 6. The molecule has 0 aliphatic carbocycles. The highest BCUT2D eigenvalue weighted by molar-refractivity contribution is 6.32. The minimum Gasteiger partial charge on any atom is -0.495 e. The van der Waals surface area contributed by atoms with E-state index in [1.54, 1.807) is 13.2 Å². The summed E-state index contributed by atoms with van der Waals surface area (Å²) in [4.78, 5) is 39.5. The summed E-state index contributed by atoms with van der Waals surface area (Å²) in [7, 11) is 1.55. The van der Waals surface area contributed by atoms with Crippen molar-refractivity contribution in [1.82, 2.24) is 0 Å². The molecule has 0 saturated carbocycles. The Morgan fingerprint density at radius 1 is 0.566 bits per heavy atom. The third kappa shape index (κ3) is 14.8. The van der Waals surface area contributed by atoms with Gasteiger partial charge in [-0.15, -0.1) is 69.6 Å². The van der Waals surface area contributed by atoms with Crippen molar-refractivity contribution in [2.24, 2.45) is 5.92 Å². The Morgan fingerprint density at radius 2 is 0.906 bits per heavy atom. The number of carbonyl (C=O) groups is 3. The lowest BCUT2D eigenvalue weighted by Gasteiger charge is -2.24. The van der Waals surface area contributed by atoms with Crippen LogP contribution in [0.1, 0.15) is 44.4 Å². The number of methoxy groups -OCH3 is 1. The van der Waals surface area contributed by atoms with E-state index in [0.29, 0.717) is 46.8 Å². The van der Waals surface area contributed by atoms with E-state index in [9.17, 15) is 14.4 Å². The van der Waals surface area contributed by atoms with Crippen molar-refractivity contribution in [3.63, 3.8) is 0 Å². The van der Waals surface area contributed by atoms with Crippen LogP contribution < -0.4 is 28.9 Å². The Labute approximate surface area is 344 Å². The lowest BCUT2D eigenvalue weighted by molar-refractivity contribution is -0.116. The van der Waals surface area contributed by atoms with Gasteiger partial charge in [0.2, 0.25) is 17.7 Å². The monoisotopic (exact) mass is 853 g/mol. The number of hydrogen-bond donors (Lipinski definition) is 0. The molecular weight excluding hydrogens is 807 g/mol. The topological polar surface area (TPSA) is 88.6 Å². The molecule has 0 aliphatic rings. The smallest absolute Gasteiger partial charge is 0.243 e. The van der Waals surface area contributed by atoms with Crippen LogP contribution in [0.15, 0.2) is 54.6 Å². The third-order valence-corrected chi connectivity index (χ3v) is 8.57. The Morgan fingerprint density at radius 3 is 1.23 bits per heavy atom. The van der Waals surface area contributed by atoms with E-state index in [-0.39, 0.29) is 59.5 Å². The van der Waals surface area contributed by atoms with E-state index in [2.05, 4.69) is 13.8 Å². The molecule has 9 nitrogen and oxygen atoms in total. The average Bonchev–Trinajstić information content (AvgIpc) is 3.13. The van der Waals surface area contributed by atoms with Gasteiger partial charge in [0, 0.05) is 0 Å². The number of alkyl halides is 6. The number of hydrogen-bond acceptors (Lipinski definition) is 6. The molecule has 3 amide bonds. The molecule has 15 heteroatoms. The molecule has 0 N–H and O–H groups in total. The van der Waals surface area contributed by atoms with Gasteiger partial charge in [-0.2, -0.15) is 0 Å². The number of aryl methyl sites for hydroxylation is 3. The second-order valence-corrected chi connectivity index (χ2v) is 13.6. The van der Waals surface area contributed by atoms with Crippen molar-refractivity contribution in [1.29, 1.82) is 0 Å². The van der Waals surface area contributed by atoms with Crippen LogP contribution in [0.2, 0.25) is 0 Å². The van der Waals surface area contributed by atoms with Crippen LogP contribution in [0.5, 0.6) is 17.2 Å². The zero-order valence-corrected chi connectivity index (χ0v) is 35.9. The van der Waals surface area contributed by atoms with E-state index >= 15 is 0 Å². The Hall–Kier alpha value is -2.79.